The van der Waals surface area contributed by atoms with E-state index < -0.39 is 21.8 Å². The average molecular weight is 518 g/mol. The van der Waals surface area contributed by atoms with E-state index in [1.807, 2.05) is 24.3 Å². The van der Waals surface area contributed by atoms with Gasteiger partial charge < -0.3 is 4.74 Å². The van der Waals surface area contributed by atoms with Crippen LogP contribution in [0.15, 0.2) is 82.8 Å². The molecule has 0 saturated carbocycles. The Morgan fingerprint density at radius 2 is 1.61 bits per heavy atom. The van der Waals surface area contributed by atoms with E-state index in [0.717, 1.165) is 29.8 Å². The maximum absolute atomic E-state index is 12.7. The summed E-state index contributed by atoms with van der Waals surface area (Å²) in [6, 6.07) is 16.7. The zero-order valence-electron chi connectivity index (χ0n) is 19.3. The third-order valence-electron chi connectivity index (χ3n) is 5.70. The molecule has 0 spiro atoms. The van der Waals surface area contributed by atoms with Crippen molar-refractivity contribution in [1.29, 1.82) is 0 Å². The lowest BCUT2D eigenvalue weighted by Crippen LogP contribution is -2.24. The number of carbonyl (C=O) groups is 1. The van der Waals surface area contributed by atoms with Crippen LogP contribution in [0.25, 0.3) is 0 Å². The van der Waals surface area contributed by atoms with Crippen molar-refractivity contribution in [3.05, 3.63) is 89.5 Å². The Balaban J connectivity index is 1.50. The number of methoxy groups -OCH3 is 1. The van der Waals surface area contributed by atoms with Gasteiger partial charge in [-0.3, -0.25) is 9.52 Å². The molecule has 1 N–H and O–H groups in total. The molecule has 3 aromatic rings. The van der Waals surface area contributed by atoms with E-state index in [-0.39, 0.29) is 22.5 Å². The number of nitrogens with one attached hydrogen (secondary N) is 1. The smallest absolute Gasteiger partial charge is 0.416 e. The molecular weight excluding hydrogens is 495 g/mol. The second-order valence-electron chi connectivity index (χ2n) is 8.11. The van der Waals surface area contributed by atoms with Gasteiger partial charge in [-0.15, -0.1) is 0 Å². The van der Waals surface area contributed by atoms with Crippen LogP contribution in [-0.2, 0) is 21.0 Å². The van der Waals surface area contributed by atoms with Gasteiger partial charge in [0.2, 0.25) is 5.91 Å². The van der Waals surface area contributed by atoms with Crippen LogP contribution < -0.4 is 9.46 Å². The number of hydrogen-bond donors (Lipinski definition) is 1. The SMILES string of the molecule is COc1ccc(C2CC(c3ccc(NS(=O)(=O)c4ccc(C(F)(F)F)cc4)cc3)=NN2C(C)=O)cc1. The molecule has 3 aromatic carbocycles. The van der Waals surface area contributed by atoms with Gasteiger partial charge in [0.25, 0.3) is 10.0 Å². The largest absolute Gasteiger partial charge is 0.497 e. The summed E-state index contributed by atoms with van der Waals surface area (Å²) in [5.41, 5.74) is 1.55. The summed E-state index contributed by atoms with van der Waals surface area (Å²) >= 11 is 0. The first-order valence-corrected chi connectivity index (χ1v) is 12.3. The van der Waals surface area contributed by atoms with Crippen LogP contribution in [0.1, 0.15) is 36.1 Å². The van der Waals surface area contributed by atoms with E-state index in [0.29, 0.717) is 23.4 Å². The van der Waals surface area contributed by atoms with Gasteiger partial charge in [0, 0.05) is 19.0 Å². The molecule has 0 aliphatic carbocycles. The van der Waals surface area contributed by atoms with Crippen LogP contribution in [0.4, 0.5) is 18.9 Å². The molecule has 1 aliphatic heterocycles. The number of hydrogen-bond acceptors (Lipinski definition) is 5. The van der Waals surface area contributed by atoms with E-state index in [1.165, 1.54) is 24.1 Å². The molecule has 0 fully saturated rings. The number of sulfonamides is 1. The highest BCUT2D eigenvalue weighted by molar-refractivity contribution is 7.92. The number of amides is 1. The second kappa shape index (κ2) is 9.65. The Bertz CT molecular complexity index is 1390. The fourth-order valence-electron chi connectivity index (χ4n) is 3.83. The van der Waals surface area contributed by atoms with E-state index in [2.05, 4.69) is 9.82 Å². The summed E-state index contributed by atoms with van der Waals surface area (Å²) in [5.74, 6) is 0.480. The molecule has 1 heterocycles. The Kier molecular flexibility index (Phi) is 6.77. The maximum atomic E-state index is 12.7. The highest BCUT2D eigenvalue weighted by atomic mass is 32.2. The predicted molar refractivity (Wildman–Crippen MR) is 128 cm³/mol. The van der Waals surface area contributed by atoms with E-state index >= 15 is 0 Å². The lowest BCUT2D eigenvalue weighted by Gasteiger charge is -2.20. The third-order valence-corrected chi connectivity index (χ3v) is 7.09. The second-order valence-corrected chi connectivity index (χ2v) is 9.79. The number of nitrogens with zero attached hydrogens (tertiary/aromatic N) is 2. The lowest BCUT2D eigenvalue weighted by atomic mass is 9.98. The minimum Gasteiger partial charge on any atom is -0.497 e. The van der Waals surface area contributed by atoms with Crippen LogP contribution in [0.5, 0.6) is 5.75 Å². The predicted octanol–water partition coefficient (Wildman–Crippen LogP) is 5.21. The van der Waals surface area contributed by atoms with Crippen LogP contribution >= 0.6 is 0 Å². The number of halogens is 3. The zero-order chi connectivity index (χ0) is 26.1. The Morgan fingerprint density at radius 3 is 2.14 bits per heavy atom. The Labute approximate surface area is 206 Å². The van der Waals surface area contributed by atoms with Gasteiger partial charge in [-0.1, -0.05) is 24.3 Å². The van der Waals surface area contributed by atoms with E-state index in [1.54, 1.807) is 19.2 Å². The summed E-state index contributed by atoms with van der Waals surface area (Å²) in [7, 11) is -2.52. The number of carbonyl (C=O) groups excluding carboxylic acids is 1. The molecule has 11 heteroatoms. The molecular formula is C25H22F3N3O4S. The topological polar surface area (TPSA) is 88.1 Å². The molecule has 4 rings (SSSR count). The summed E-state index contributed by atoms with van der Waals surface area (Å²) in [5, 5.41) is 5.89. The average Bonchev–Trinajstić information content (AvgIpc) is 3.30. The van der Waals surface area contributed by atoms with Crippen molar-refractivity contribution in [2.75, 3.05) is 11.8 Å². The quantitative estimate of drug-likeness (QED) is 0.486. The van der Waals surface area contributed by atoms with Gasteiger partial charge >= 0.3 is 6.18 Å². The standard InChI is InChI=1S/C25H22F3N3O4S/c1-16(32)31-24(18-5-11-21(35-2)12-6-18)15-23(29-31)17-3-9-20(10-4-17)30-36(33,34)22-13-7-19(8-14-22)25(26,27)28/h3-14,24,30H,15H2,1-2H3. The molecule has 188 valence electrons. The highest BCUT2D eigenvalue weighted by Crippen LogP contribution is 2.34. The number of anilines is 1. The zero-order valence-corrected chi connectivity index (χ0v) is 20.1. The third kappa shape index (κ3) is 5.35. The first-order valence-electron chi connectivity index (χ1n) is 10.8. The van der Waals surface area contributed by atoms with Crippen LogP contribution in [0.3, 0.4) is 0 Å². The van der Waals surface area contributed by atoms with Crippen LogP contribution in [0, 0.1) is 0 Å². The normalized spacial score (nSPS) is 16.0. The van der Waals surface area contributed by atoms with Gasteiger partial charge in [0.1, 0.15) is 5.75 Å². The summed E-state index contributed by atoms with van der Waals surface area (Å²) < 4.78 is 71.0. The van der Waals surface area contributed by atoms with Crippen molar-refractivity contribution in [1.82, 2.24) is 5.01 Å². The molecule has 1 atom stereocenters. The Hall–Kier alpha value is -3.86. The Morgan fingerprint density at radius 1 is 1.00 bits per heavy atom. The molecule has 0 bridgehead atoms. The van der Waals surface area contributed by atoms with E-state index in [9.17, 15) is 26.4 Å². The first kappa shape index (κ1) is 25.2. The molecule has 1 aliphatic rings. The maximum Gasteiger partial charge on any atom is 0.416 e. The minimum absolute atomic E-state index is 0.216. The molecule has 0 radical (unpaired) electrons. The highest BCUT2D eigenvalue weighted by Gasteiger charge is 2.32. The van der Waals surface area contributed by atoms with Crippen molar-refractivity contribution in [3.8, 4) is 5.75 Å². The monoisotopic (exact) mass is 517 g/mol. The van der Waals surface area contributed by atoms with Crippen molar-refractivity contribution in [3.63, 3.8) is 0 Å². The minimum atomic E-state index is -4.56. The number of hydrazone groups is 1. The first-order chi connectivity index (χ1) is 17.0. The van der Waals surface area contributed by atoms with Crippen LogP contribution in [-0.4, -0.2) is 32.2 Å². The molecule has 0 saturated heterocycles. The van der Waals surface area contributed by atoms with Gasteiger partial charge in [0.05, 0.1) is 29.3 Å². The summed E-state index contributed by atoms with van der Waals surface area (Å²) in [4.78, 5) is 11.9. The molecule has 36 heavy (non-hydrogen) atoms. The summed E-state index contributed by atoms with van der Waals surface area (Å²) in [6.45, 7) is 1.43. The van der Waals surface area contributed by atoms with E-state index in [4.69, 9.17) is 4.74 Å². The number of benzene rings is 3. The lowest BCUT2D eigenvalue weighted by molar-refractivity contribution is -0.137. The van der Waals surface area contributed by atoms with Crippen molar-refractivity contribution in [2.45, 2.75) is 30.5 Å². The van der Waals surface area contributed by atoms with Crippen molar-refractivity contribution < 1.29 is 31.1 Å². The van der Waals surface area contributed by atoms with Crippen molar-refractivity contribution in [2.24, 2.45) is 5.10 Å². The fraction of sp³-hybridized carbons (Fsp3) is 0.200. The summed E-state index contributed by atoms with van der Waals surface area (Å²) in [6.07, 6.45) is -4.10. The molecule has 1 amide bonds. The number of ether oxygens (including phenoxy) is 1. The van der Waals surface area contributed by atoms with Gasteiger partial charge in [0.15, 0.2) is 0 Å². The van der Waals surface area contributed by atoms with Crippen LogP contribution in [0.2, 0.25) is 0 Å². The fourth-order valence-corrected chi connectivity index (χ4v) is 4.89. The van der Waals surface area contributed by atoms with Gasteiger partial charge in [-0.25, -0.2) is 13.4 Å². The van der Waals surface area contributed by atoms with Gasteiger partial charge in [-0.05, 0) is 59.7 Å². The number of alkyl halides is 3. The van der Waals surface area contributed by atoms with Crippen molar-refractivity contribution >= 4 is 27.3 Å². The number of rotatable bonds is 6. The molecule has 0 aromatic heterocycles. The molecule has 1 unspecified atom stereocenters. The molecule has 7 nitrogen and oxygen atoms in total. The van der Waals surface area contributed by atoms with Gasteiger partial charge in [-0.2, -0.15) is 18.3 Å².